The summed E-state index contributed by atoms with van der Waals surface area (Å²) in [6.45, 7) is 4.55. The van der Waals surface area contributed by atoms with E-state index in [9.17, 15) is 0 Å². The molecule has 0 spiro atoms. The lowest BCUT2D eigenvalue weighted by Crippen LogP contribution is -2.40. The van der Waals surface area contributed by atoms with Gasteiger partial charge in [0, 0.05) is 17.3 Å². The third-order valence-electron chi connectivity index (χ3n) is 10.4. The van der Waals surface area contributed by atoms with Crippen LogP contribution in [0.25, 0.3) is 28.3 Å². The largest absolute Gasteiger partial charge is 0.0751 e. The van der Waals surface area contributed by atoms with Crippen molar-refractivity contribution in [3.8, 4) is 22.3 Å². The maximum absolute atomic E-state index is 2.52. The summed E-state index contributed by atoms with van der Waals surface area (Å²) in [4.78, 5) is 0. The van der Waals surface area contributed by atoms with Crippen molar-refractivity contribution >= 4 is 6.08 Å². The van der Waals surface area contributed by atoms with Gasteiger partial charge in [-0.2, -0.15) is 0 Å². The van der Waals surface area contributed by atoms with E-state index in [2.05, 4.69) is 172 Å². The highest BCUT2D eigenvalue weighted by Gasteiger charge is 2.53. The molecule has 0 saturated heterocycles. The number of rotatable bonds is 7. The Morgan fingerprint density at radius 1 is 0.489 bits per heavy atom. The second-order valence-corrected chi connectivity index (χ2v) is 12.6. The molecule has 0 bridgehead atoms. The summed E-state index contributed by atoms with van der Waals surface area (Å²) >= 11 is 0. The maximum Gasteiger partial charge on any atom is 0.0415 e. The molecule has 0 fully saturated rings. The predicted molar refractivity (Wildman–Crippen MR) is 190 cm³/mol. The molecule has 1 atom stereocenters. The Kier molecular flexibility index (Phi) is 6.87. The molecular weight excluding hydrogens is 540 g/mol. The molecule has 45 heavy (non-hydrogen) atoms. The molecule has 0 saturated carbocycles. The Hall–Kier alpha value is -4.94. The van der Waals surface area contributed by atoms with Crippen LogP contribution in [0.4, 0.5) is 0 Å². The van der Waals surface area contributed by atoms with Gasteiger partial charge in [-0.25, -0.2) is 0 Å². The molecule has 0 aliphatic heterocycles. The van der Waals surface area contributed by atoms with Gasteiger partial charge >= 0.3 is 0 Å². The van der Waals surface area contributed by atoms with Crippen molar-refractivity contribution in [2.45, 2.75) is 43.9 Å². The monoisotopic (exact) mass is 578 g/mol. The van der Waals surface area contributed by atoms with Crippen molar-refractivity contribution in [2.75, 3.05) is 0 Å². The van der Waals surface area contributed by atoms with Crippen LogP contribution in [0.15, 0.2) is 152 Å². The van der Waals surface area contributed by atoms with E-state index in [-0.39, 0.29) is 11.8 Å². The first-order valence-electron chi connectivity index (χ1n) is 16.5. The van der Waals surface area contributed by atoms with Crippen LogP contribution in [-0.2, 0) is 18.3 Å². The van der Waals surface area contributed by atoms with Gasteiger partial charge in [0.05, 0.1) is 0 Å². The van der Waals surface area contributed by atoms with Gasteiger partial charge in [-0.3, -0.25) is 0 Å². The third kappa shape index (κ3) is 4.27. The van der Waals surface area contributed by atoms with Crippen molar-refractivity contribution in [3.63, 3.8) is 0 Å². The van der Waals surface area contributed by atoms with Crippen LogP contribution in [0.3, 0.4) is 0 Å². The highest BCUT2D eigenvalue weighted by Crippen LogP contribution is 2.63. The average Bonchev–Trinajstić information content (AvgIpc) is 3.69. The normalized spacial score (nSPS) is 15.1. The van der Waals surface area contributed by atoms with Crippen molar-refractivity contribution in [1.29, 1.82) is 0 Å². The first-order chi connectivity index (χ1) is 22.2. The van der Waals surface area contributed by atoms with Gasteiger partial charge in [-0.15, -0.1) is 0 Å². The first-order valence-corrected chi connectivity index (χ1v) is 16.5. The summed E-state index contributed by atoms with van der Waals surface area (Å²) in [6, 6.07) is 55.1. The van der Waals surface area contributed by atoms with E-state index in [1.165, 1.54) is 66.8 Å². The van der Waals surface area contributed by atoms with Crippen molar-refractivity contribution in [1.82, 2.24) is 0 Å². The molecule has 0 N–H and O–H groups in total. The summed E-state index contributed by atoms with van der Waals surface area (Å²) in [5, 5.41) is 0. The fraction of sp³-hybridized carbons (Fsp3) is 0.156. The summed E-state index contributed by atoms with van der Waals surface area (Å²) in [5.74, 6) is 0.256. The molecule has 6 aromatic rings. The van der Waals surface area contributed by atoms with Crippen LogP contribution in [-0.4, -0.2) is 0 Å². The minimum Gasteiger partial charge on any atom is -0.0751 e. The first kappa shape index (κ1) is 27.6. The standard InChI is InChI=1S/C45H38/c1-3-31-23-25-38-39-26-24-32(4-2)30-42(39)44(41(38)29-31)45(34-17-10-6-11-18-34,35-19-12-7-13-20-35)43-28-27-37-36(21-14-22-40(37)43)33-15-8-5-9-16-33/h5-30,43-44H,3-4H2,1-2H3. The number of benzene rings is 6. The molecule has 1 unspecified atom stereocenters. The molecular formula is C45H38. The number of hydrogen-bond acceptors (Lipinski definition) is 0. The Labute approximate surface area is 267 Å². The zero-order chi connectivity index (χ0) is 30.4. The molecule has 0 aromatic heterocycles. The molecule has 2 aliphatic rings. The fourth-order valence-electron chi connectivity index (χ4n) is 8.36. The van der Waals surface area contributed by atoms with Crippen LogP contribution in [0, 0.1) is 0 Å². The summed E-state index contributed by atoms with van der Waals surface area (Å²) in [7, 11) is 0. The highest BCUT2D eigenvalue weighted by molar-refractivity contribution is 5.85. The molecule has 0 radical (unpaired) electrons. The minimum absolute atomic E-state index is 0.125. The van der Waals surface area contributed by atoms with Gasteiger partial charge in [-0.1, -0.05) is 172 Å². The Morgan fingerprint density at radius 2 is 1.02 bits per heavy atom. The van der Waals surface area contributed by atoms with E-state index in [0.717, 1.165) is 12.8 Å². The van der Waals surface area contributed by atoms with E-state index in [1.54, 1.807) is 0 Å². The lowest BCUT2D eigenvalue weighted by atomic mass is 9.55. The molecule has 8 rings (SSSR count). The van der Waals surface area contributed by atoms with Crippen LogP contribution in [0.1, 0.15) is 70.2 Å². The van der Waals surface area contributed by atoms with Crippen molar-refractivity contribution in [3.05, 3.63) is 196 Å². The quantitative estimate of drug-likeness (QED) is 0.177. The zero-order valence-electron chi connectivity index (χ0n) is 26.1. The molecule has 218 valence electrons. The number of fused-ring (bicyclic) bond motifs is 4. The van der Waals surface area contributed by atoms with E-state index in [0.29, 0.717) is 0 Å². The van der Waals surface area contributed by atoms with Gasteiger partial charge < -0.3 is 0 Å². The molecule has 0 heteroatoms. The maximum atomic E-state index is 2.52. The summed E-state index contributed by atoms with van der Waals surface area (Å²) < 4.78 is 0. The average molecular weight is 579 g/mol. The second kappa shape index (κ2) is 11.2. The van der Waals surface area contributed by atoms with Gasteiger partial charge in [-0.05, 0) is 79.6 Å². The van der Waals surface area contributed by atoms with Gasteiger partial charge in [0.15, 0.2) is 0 Å². The Balaban J connectivity index is 1.49. The third-order valence-corrected chi connectivity index (χ3v) is 10.4. The van der Waals surface area contributed by atoms with E-state index in [4.69, 9.17) is 0 Å². The lowest BCUT2D eigenvalue weighted by molar-refractivity contribution is 0.416. The zero-order valence-corrected chi connectivity index (χ0v) is 26.1. The predicted octanol–water partition coefficient (Wildman–Crippen LogP) is 11.4. The summed E-state index contributed by atoms with van der Waals surface area (Å²) in [5.41, 5.74) is 16.1. The minimum atomic E-state index is -0.391. The number of aryl methyl sites for hydroxylation is 2. The van der Waals surface area contributed by atoms with Crippen LogP contribution < -0.4 is 0 Å². The number of hydrogen-bond donors (Lipinski definition) is 0. The van der Waals surface area contributed by atoms with Gasteiger partial charge in [0.2, 0.25) is 0 Å². The molecule has 0 amide bonds. The van der Waals surface area contributed by atoms with Gasteiger partial charge in [0.25, 0.3) is 0 Å². The van der Waals surface area contributed by atoms with Crippen LogP contribution in [0.2, 0.25) is 0 Å². The molecule has 6 aromatic carbocycles. The smallest absolute Gasteiger partial charge is 0.0415 e. The van der Waals surface area contributed by atoms with Crippen LogP contribution in [0.5, 0.6) is 0 Å². The molecule has 0 nitrogen and oxygen atoms in total. The van der Waals surface area contributed by atoms with Crippen molar-refractivity contribution < 1.29 is 0 Å². The topological polar surface area (TPSA) is 0 Å². The molecule has 2 aliphatic carbocycles. The lowest BCUT2D eigenvalue weighted by Gasteiger charge is -2.46. The van der Waals surface area contributed by atoms with E-state index >= 15 is 0 Å². The Bertz CT molecular complexity index is 1920. The fourth-order valence-corrected chi connectivity index (χ4v) is 8.36. The molecule has 0 heterocycles. The van der Waals surface area contributed by atoms with Crippen LogP contribution >= 0.6 is 0 Å². The number of allylic oxidation sites excluding steroid dienone is 1. The van der Waals surface area contributed by atoms with Crippen molar-refractivity contribution in [2.24, 2.45) is 0 Å². The SMILES string of the molecule is CCc1ccc2c(c1)C(C(c1ccccc1)(c1ccccc1)C1C=Cc3c(-c4ccccc4)cccc31)c1cc(CC)ccc1-2. The van der Waals surface area contributed by atoms with E-state index in [1.807, 2.05) is 0 Å². The van der Waals surface area contributed by atoms with E-state index < -0.39 is 5.41 Å². The Morgan fingerprint density at radius 3 is 1.56 bits per heavy atom. The summed E-state index contributed by atoms with van der Waals surface area (Å²) in [6.07, 6.45) is 6.96. The van der Waals surface area contributed by atoms with Gasteiger partial charge in [0.1, 0.15) is 0 Å². The highest BCUT2D eigenvalue weighted by atomic mass is 14.5. The second-order valence-electron chi connectivity index (χ2n) is 12.6.